The maximum absolute atomic E-state index is 12.1. The van der Waals surface area contributed by atoms with Gasteiger partial charge in [-0.2, -0.15) is 5.26 Å². The maximum Gasteiger partial charge on any atom is 0.260 e. The molecular weight excluding hydrogens is 234 g/mol. The molecule has 0 spiro atoms. The van der Waals surface area contributed by atoms with Crippen LogP contribution in [0.25, 0.3) is 0 Å². The molecule has 4 nitrogen and oxygen atoms in total. The van der Waals surface area contributed by atoms with Crippen molar-refractivity contribution in [3.05, 3.63) is 47.1 Å². The minimum Gasteiger partial charge on any atom is -0.303 e. The highest BCUT2D eigenvalue weighted by Crippen LogP contribution is 2.21. The summed E-state index contributed by atoms with van der Waals surface area (Å²) in [7, 11) is 1.71. The third-order valence-electron chi connectivity index (χ3n) is 2.27. The number of aromatic nitrogens is 1. The number of carbonyl (C=O) groups excluding carboxylic acids is 1. The molecule has 2 aromatic heterocycles. The molecule has 17 heavy (non-hydrogen) atoms. The number of pyridine rings is 1. The molecule has 2 rings (SSSR count). The SMILES string of the molecule is CN(C(=O)c1ccc(C#N)nc1)c1cccs1. The van der Waals surface area contributed by atoms with Crippen molar-refractivity contribution in [1.29, 1.82) is 5.26 Å². The van der Waals surface area contributed by atoms with Crippen molar-refractivity contribution in [3.8, 4) is 6.07 Å². The Morgan fingerprint density at radius 1 is 1.47 bits per heavy atom. The second-order valence-electron chi connectivity index (χ2n) is 3.36. The molecule has 0 fully saturated rings. The molecule has 0 aliphatic carbocycles. The third kappa shape index (κ3) is 2.32. The fourth-order valence-corrected chi connectivity index (χ4v) is 2.04. The van der Waals surface area contributed by atoms with Crippen molar-refractivity contribution < 1.29 is 4.79 Å². The zero-order valence-electron chi connectivity index (χ0n) is 9.12. The van der Waals surface area contributed by atoms with Crippen molar-refractivity contribution in [2.45, 2.75) is 0 Å². The normalized spacial score (nSPS) is 9.65. The van der Waals surface area contributed by atoms with Gasteiger partial charge in [-0.1, -0.05) is 0 Å². The summed E-state index contributed by atoms with van der Waals surface area (Å²) in [5.74, 6) is -0.135. The zero-order chi connectivity index (χ0) is 12.3. The van der Waals surface area contributed by atoms with E-state index in [1.165, 1.54) is 23.6 Å². The van der Waals surface area contributed by atoms with Gasteiger partial charge >= 0.3 is 0 Å². The van der Waals surface area contributed by atoms with Crippen LogP contribution in [0.4, 0.5) is 5.00 Å². The highest BCUT2D eigenvalue weighted by Gasteiger charge is 2.14. The van der Waals surface area contributed by atoms with Crippen LogP contribution in [-0.4, -0.2) is 17.9 Å². The highest BCUT2D eigenvalue weighted by molar-refractivity contribution is 7.14. The predicted molar refractivity (Wildman–Crippen MR) is 66.0 cm³/mol. The molecule has 1 amide bonds. The Hall–Kier alpha value is -2.19. The van der Waals surface area contributed by atoms with Crippen LogP contribution in [0.1, 0.15) is 16.1 Å². The van der Waals surface area contributed by atoms with Crippen LogP contribution in [0.15, 0.2) is 35.8 Å². The number of anilines is 1. The fraction of sp³-hybridized carbons (Fsp3) is 0.0833. The molecule has 0 aromatic carbocycles. The van der Waals surface area contributed by atoms with Gasteiger partial charge in [0.1, 0.15) is 11.8 Å². The van der Waals surface area contributed by atoms with Crippen LogP contribution >= 0.6 is 11.3 Å². The summed E-state index contributed by atoms with van der Waals surface area (Å²) < 4.78 is 0. The number of hydrogen-bond acceptors (Lipinski definition) is 4. The quantitative estimate of drug-likeness (QED) is 0.813. The summed E-state index contributed by atoms with van der Waals surface area (Å²) in [5.41, 5.74) is 0.778. The Bertz CT molecular complexity index is 554. The molecular formula is C12H9N3OS. The Labute approximate surface area is 103 Å². The van der Waals surface area contributed by atoms with Gasteiger partial charge in [0, 0.05) is 13.2 Å². The van der Waals surface area contributed by atoms with E-state index >= 15 is 0 Å². The number of hydrogen-bond donors (Lipinski definition) is 0. The minimum atomic E-state index is -0.135. The summed E-state index contributed by atoms with van der Waals surface area (Å²) in [5, 5.41) is 11.4. The van der Waals surface area contributed by atoms with Crippen LogP contribution in [0, 0.1) is 11.3 Å². The summed E-state index contributed by atoms with van der Waals surface area (Å²) in [6.45, 7) is 0. The largest absolute Gasteiger partial charge is 0.303 e. The average molecular weight is 243 g/mol. The van der Waals surface area contributed by atoms with Crippen molar-refractivity contribution in [2.75, 3.05) is 11.9 Å². The Morgan fingerprint density at radius 2 is 2.29 bits per heavy atom. The maximum atomic E-state index is 12.1. The van der Waals surface area contributed by atoms with Gasteiger partial charge in [0.2, 0.25) is 0 Å². The molecule has 2 heterocycles. The molecule has 0 saturated heterocycles. The third-order valence-corrected chi connectivity index (χ3v) is 3.21. The van der Waals surface area contributed by atoms with E-state index < -0.39 is 0 Å². The van der Waals surface area contributed by atoms with E-state index in [-0.39, 0.29) is 5.91 Å². The van der Waals surface area contributed by atoms with E-state index in [2.05, 4.69) is 4.98 Å². The van der Waals surface area contributed by atoms with Gasteiger partial charge in [-0.3, -0.25) is 4.79 Å². The number of nitriles is 1. The lowest BCUT2D eigenvalue weighted by atomic mass is 10.2. The van der Waals surface area contributed by atoms with Crippen LogP contribution < -0.4 is 4.90 Å². The first kappa shape index (κ1) is 11.3. The van der Waals surface area contributed by atoms with Crippen molar-refractivity contribution >= 4 is 22.2 Å². The topological polar surface area (TPSA) is 57.0 Å². The first-order valence-corrected chi connectivity index (χ1v) is 5.78. The first-order valence-electron chi connectivity index (χ1n) is 4.90. The van der Waals surface area contributed by atoms with Crippen LogP contribution in [0.5, 0.6) is 0 Å². The lowest BCUT2D eigenvalue weighted by Gasteiger charge is -2.14. The molecule has 0 N–H and O–H groups in total. The van der Waals surface area contributed by atoms with Gasteiger partial charge in [0.05, 0.1) is 10.6 Å². The summed E-state index contributed by atoms with van der Waals surface area (Å²) in [6, 6.07) is 8.83. The number of nitrogens with zero attached hydrogens (tertiary/aromatic N) is 3. The molecule has 2 aromatic rings. The molecule has 5 heteroatoms. The first-order chi connectivity index (χ1) is 8.22. The number of thiophene rings is 1. The molecule has 84 valence electrons. The van der Waals surface area contributed by atoms with Crippen molar-refractivity contribution in [3.63, 3.8) is 0 Å². The lowest BCUT2D eigenvalue weighted by Crippen LogP contribution is -2.25. The molecule has 0 bridgehead atoms. The van der Waals surface area contributed by atoms with Crippen molar-refractivity contribution in [2.24, 2.45) is 0 Å². The van der Waals surface area contributed by atoms with E-state index in [0.717, 1.165) is 5.00 Å². The average Bonchev–Trinajstić information content (AvgIpc) is 2.91. The Kier molecular flexibility index (Phi) is 3.17. The van der Waals surface area contributed by atoms with Crippen LogP contribution in [0.2, 0.25) is 0 Å². The Balaban J connectivity index is 2.22. The van der Waals surface area contributed by atoms with Gasteiger partial charge in [-0.25, -0.2) is 4.98 Å². The zero-order valence-corrected chi connectivity index (χ0v) is 9.94. The molecule has 0 aliphatic rings. The van der Waals surface area contributed by atoms with Crippen molar-refractivity contribution in [1.82, 2.24) is 4.98 Å². The van der Waals surface area contributed by atoms with E-state index in [4.69, 9.17) is 5.26 Å². The van der Waals surface area contributed by atoms with Crippen LogP contribution in [-0.2, 0) is 0 Å². The Morgan fingerprint density at radius 3 is 2.82 bits per heavy atom. The second kappa shape index (κ2) is 4.76. The van der Waals surface area contributed by atoms with Gasteiger partial charge in [-0.15, -0.1) is 11.3 Å². The number of rotatable bonds is 2. The fourth-order valence-electron chi connectivity index (χ4n) is 1.34. The molecule has 0 atom stereocenters. The standard InChI is InChI=1S/C12H9N3OS/c1-15(11-3-2-6-17-11)12(16)9-4-5-10(7-13)14-8-9/h2-6,8H,1H3. The van der Waals surface area contributed by atoms with Gasteiger partial charge in [-0.05, 0) is 29.6 Å². The van der Waals surface area contributed by atoms with Crippen LogP contribution in [0.3, 0.4) is 0 Å². The highest BCUT2D eigenvalue weighted by atomic mass is 32.1. The summed E-state index contributed by atoms with van der Waals surface area (Å²) in [6.07, 6.45) is 1.42. The molecule has 0 saturated carbocycles. The summed E-state index contributed by atoms with van der Waals surface area (Å²) >= 11 is 1.49. The van der Waals surface area contributed by atoms with Gasteiger partial charge in [0.25, 0.3) is 5.91 Å². The second-order valence-corrected chi connectivity index (χ2v) is 4.29. The van der Waals surface area contributed by atoms with E-state index in [0.29, 0.717) is 11.3 Å². The predicted octanol–water partition coefficient (Wildman–Crippen LogP) is 2.29. The van der Waals surface area contributed by atoms with E-state index in [1.807, 2.05) is 23.6 Å². The smallest absolute Gasteiger partial charge is 0.260 e. The monoisotopic (exact) mass is 243 g/mol. The molecule has 0 radical (unpaired) electrons. The molecule has 0 unspecified atom stereocenters. The number of carbonyl (C=O) groups is 1. The van der Waals surface area contributed by atoms with Gasteiger partial charge < -0.3 is 4.90 Å². The van der Waals surface area contributed by atoms with E-state index in [9.17, 15) is 4.79 Å². The van der Waals surface area contributed by atoms with Gasteiger partial charge in [0.15, 0.2) is 0 Å². The summed E-state index contributed by atoms with van der Waals surface area (Å²) in [4.78, 5) is 17.5. The van der Waals surface area contributed by atoms with E-state index in [1.54, 1.807) is 18.0 Å². The number of amides is 1. The minimum absolute atomic E-state index is 0.135. The molecule has 0 aliphatic heterocycles. The lowest BCUT2D eigenvalue weighted by molar-refractivity contribution is 0.0993.